The van der Waals surface area contributed by atoms with Gasteiger partial charge in [-0.1, -0.05) is 23.8 Å². The summed E-state index contributed by atoms with van der Waals surface area (Å²) >= 11 is 1.77. The lowest BCUT2D eigenvalue weighted by atomic mass is 9.97. The van der Waals surface area contributed by atoms with Crippen LogP contribution >= 0.6 is 11.3 Å². The van der Waals surface area contributed by atoms with Gasteiger partial charge in [-0.3, -0.25) is 11.3 Å². The highest BCUT2D eigenvalue weighted by molar-refractivity contribution is 7.10. The molecule has 2 nitrogen and oxygen atoms in total. The van der Waals surface area contributed by atoms with Crippen LogP contribution in [0.5, 0.6) is 0 Å². The second-order valence-electron chi connectivity index (χ2n) is 4.82. The molecule has 1 aromatic heterocycles. The molecule has 0 fully saturated rings. The zero-order valence-electron chi connectivity index (χ0n) is 11.2. The SMILES string of the molecule is Cc1ccc(C)c(CC(NN)c2sccc2C)c1. The molecule has 2 rings (SSSR count). The van der Waals surface area contributed by atoms with Crippen LogP contribution in [-0.4, -0.2) is 0 Å². The number of hydrazine groups is 1. The molecule has 0 bridgehead atoms. The third-order valence-corrected chi connectivity index (χ3v) is 4.48. The second-order valence-corrected chi connectivity index (χ2v) is 5.77. The fourth-order valence-electron chi connectivity index (χ4n) is 2.21. The molecule has 1 aromatic carbocycles. The van der Waals surface area contributed by atoms with Crippen molar-refractivity contribution in [3.8, 4) is 0 Å². The Morgan fingerprint density at radius 1 is 1.17 bits per heavy atom. The van der Waals surface area contributed by atoms with Crippen molar-refractivity contribution < 1.29 is 0 Å². The molecule has 18 heavy (non-hydrogen) atoms. The highest BCUT2D eigenvalue weighted by Gasteiger charge is 2.15. The summed E-state index contributed by atoms with van der Waals surface area (Å²) in [7, 11) is 0. The number of benzene rings is 1. The molecule has 0 amide bonds. The lowest BCUT2D eigenvalue weighted by Crippen LogP contribution is -2.29. The van der Waals surface area contributed by atoms with Gasteiger partial charge in [0, 0.05) is 4.88 Å². The zero-order chi connectivity index (χ0) is 13.1. The van der Waals surface area contributed by atoms with Crippen molar-refractivity contribution in [2.45, 2.75) is 33.2 Å². The molecule has 0 radical (unpaired) electrons. The van der Waals surface area contributed by atoms with E-state index in [2.05, 4.69) is 55.8 Å². The maximum absolute atomic E-state index is 5.73. The lowest BCUT2D eigenvalue weighted by Gasteiger charge is -2.17. The van der Waals surface area contributed by atoms with Gasteiger partial charge in [0.2, 0.25) is 0 Å². The highest BCUT2D eigenvalue weighted by Crippen LogP contribution is 2.27. The number of aryl methyl sites for hydroxylation is 3. The molecule has 1 atom stereocenters. The van der Waals surface area contributed by atoms with Crippen molar-refractivity contribution >= 4 is 11.3 Å². The van der Waals surface area contributed by atoms with E-state index >= 15 is 0 Å². The molecule has 1 unspecified atom stereocenters. The van der Waals surface area contributed by atoms with Crippen molar-refractivity contribution in [1.82, 2.24) is 5.43 Å². The molecule has 0 aliphatic heterocycles. The van der Waals surface area contributed by atoms with Gasteiger partial charge in [-0.05, 0) is 55.3 Å². The quantitative estimate of drug-likeness (QED) is 0.653. The van der Waals surface area contributed by atoms with Crippen molar-refractivity contribution in [2.75, 3.05) is 0 Å². The second kappa shape index (κ2) is 5.65. The molecule has 0 aliphatic carbocycles. The van der Waals surface area contributed by atoms with Gasteiger partial charge >= 0.3 is 0 Å². The Hall–Kier alpha value is -1.16. The largest absolute Gasteiger partial charge is 0.271 e. The van der Waals surface area contributed by atoms with E-state index in [1.54, 1.807) is 11.3 Å². The Morgan fingerprint density at radius 3 is 2.56 bits per heavy atom. The molecule has 0 spiro atoms. The summed E-state index contributed by atoms with van der Waals surface area (Å²) in [5.41, 5.74) is 8.26. The van der Waals surface area contributed by atoms with Gasteiger partial charge in [-0.15, -0.1) is 11.3 Å². The Bertz CT molecular complexity index is 531. The zero-order valence-corrected chi connectivity index (χ0v) is 12.0. The number of nitrogens with one attached hydrogen (secondary N) is 1. The number of rotatable bonds is 4. The summed E-state index contributed by atoms with van der Waals surface area (Å²) in [6.45, 7) is 6.42. The van der Waals surface area contributed by atoms with E-state index in [0.717, 1.165) is 6.42 Å². The fourth-order valence-corrected chi connectivity index (χ4v) is 3.20. The molecule has 1 heterocycles. The molecule has 3 heteroatoms. The van der Waals surface area contributed by atoms with E-state index < -0.39 is 0 Å². The number of hydrogen-bond donors (Lipinski definition) is 2. The van der Waals surface area contributed by atoms with Crippen molar-refractivity contribution in [3.05, 3.63) is 56.8 Å². The molecule has 3 N–H and O–H groups in total. The van der Waals surface area contributed by atoms with Crippen LogP contribution < -0.4 is 11.3 Å². The average Bonchev–Trinajstić information content (AvgIpc) is 2.77. The van der Waals surface area contributed by atoms with Crippen molar-refractivity contribution in [2.24, 2.45) is 5.84 Å². The van der Waals surface area contributed by atoms with Crippen LogP contribution in [0.3, 0.4) is 0 Å². The molecule has 2 aromatic rings. The molecule has 0 saturated heterocycles. The van der Waals surface area contributed by atoms with E-state index in [9.17, 15) is 0 Å². The topological polar surface area (TPSA) is 38.0 Å². The van der Waals surface area contributed by atoms with E-state index in [0.29, 0.717) is 0 Å². The summed E-state index contributed by atoms with van der Waals surface area (Å²) in [6, 6.07) is 8.93. The minimum atomic E-state index is 0.200. The smallest absolute Gasteiger partial charge is 0.0596 e. The number of thiophene rings is 1. The monoisotopic (exact) mass is 260 g/mol. The van der Waals surface area contributed by atoms with E-state index in [1.807, 2.05) is 0 Å². The Morgan fingerprint density at radius 2 is 1.94 bits per heavy atom. The van der Waals surface area contributed by atoms with Crippen LogP contribution in [0, 0.1) is 20.8 Å². The predicted octanol–water partition coefficient (Wildman–Crippen LogP) is 3.42. The minimum Gasteiger partial charge on any atom is -0.271 e. The van der Waals surface area contributed by atoms with E-state index in [1.165, 1.54) is 27.1 Å². The third kappa shape index (κ3) is 2.80. The first kappa shape index (κ1) is 13.3. The van der Waals surface area contributed by atoms with Crippen molar-refractivity contribution in [3.63, 3.8) is 0 Å². The predicted molar refractivity (Wildman–Crippen MR) is 78.7 cm³/mol. The lowest BCUT2D eigenvalue weighted by molar-refractivity contribution is 0.557. The normalized spacial score (nSPS) is 12.7. The minimum absolute atomic E-state index is 0.200. The van der Waals surface area contributed by atoms with Crippen LogP contribution in [0.25, 0.3) is 0 Å². The summed E-state index contributed by atoms with van der Waals surface area (Å²) < 4.78 is 0. The van der Waals surface area contributed by atoms with Crippen LogP contribution in [-0.2, 0) is 6.42 Å². The average molecular weight is 260 g/mol. The fraction of sp³-hybridized carbons (Fsp3) is 0.333. The standard InChI is InChI=1S/C15H20N2S/c1-10-4-5-11(2)13(8-10)9-14(17-16)15-12(3)6-7-18-15/h4-8,14,17H,9,16H2,1-3H3. The van der Waals surface area contributed by atoms with Gasteiger partial charge < -0.3 is 0 Å². The Kier molecular flexibility index (Phi) is 4.17. The first-order valence-corrected chi connectivity index (χ1v) is 7.06. The summed E-state index contributed by atoms with van der Waals surface area (Å²) in [5.74, 6) is 5.73. The van der Waals surface area contributed by atoms with Gasteiger partial charge in [0.25, 0.3) is 0 Å². The van der Waals surface area contributed by atoms with Gasteiger partial charge in [-0.2, -0.15) is 0 Å². The molecular weight excluding hydrogens is 240 g/mol. The van der Waals surface area contributed by atoms with Crippen LogP contribution in [0.4, 0.5) is 0 Å². The van der Waals surface area contributed by atoms with Crippen LogP contribution in [0.2, 0.25) is 0 Å². The highest BCUT2D eigenvalue weighted by atomic mass is 32.1. The van der Waals surface area contributed by atoms with Crippen LogP contribution in [0.15, 0.2) is 29.6 Å². The Balaban J connectivity index is 2.26. The molecule has 96 valence electrons. The number of hydrogen-bond acceptors (Lipinski definition) is 3. The number of nitrogens with two attached hydrogens (primary N) is 1. The third-order valence-electron chi connectivity index (χ3n) is 3.35. The van der Waals surface area contributed by atoms with Gasteiger partial charge in [0.05, 0.1) is 6.04 Å². The Labute approximate surface area is 113 Å². The van der Waals surface area contributed by atoms with E-state index in [-0.39, 0.29) is 6.04 Å². The first-order chi connectivity index (χ1) is 8.61. The maximum atomic E-state index is 5.73. The molecule has 0 saturated carbocycles. The summed E-state index contributed by atoms with van der Waals surface area (Å²) in [5, 5.41) is 2.12. The van der Waals surface area contributed by atoms with Crippen LogP contribution in [0.1, 0.15) is 33.2 Å². The van der Waals surface area contributed by atoms with Crippen molar-refractivity contribution in [1.29, 1.82) is 0 Å². The maximum Gasteiger partial charge on any atom is 0.0596 e. The van der Waals surface area contributed by atoms with Gasteiger partial charge in [0.15, 0.2) is 0 Å². The summed E-state index contributed by atoms with van der Waals surface area (Å²) in [6.07, 6.45) is 0.936. The van der Waals surface area contributed by atoms with Gasteiger partial charge in [0.1, 0.15) is 0 Å². The molecular formula is C15H20N2S. The first-order valence-electron chi connectivity index (χ1n) is 6.18. The summed E-state index contributed by atoms with van der Waals surface area (Å²) in [4.78, 5) is 1.33. The van der Waals surface area contributed by atoms with E-state index in [4.69, 9.17) is 5.84 Å². The molecule has 0 aliphatic rings. The van der Waals surface area contributed by atoms with Gasteiger partial charge in [-0.25, -0.2) is 0 Å².